The van der Waals surface area contributed by atoms with Gasteiger partial charge in [0.05, 0.1) is 0 Å². The fraction of sp³-hybridized carbons (Fsp3) is 1.00. The summed E-state index contributed by atoms with van der Waals surface area (Å²) in [5.74, 6) is 0. The molecule has 0 aliphatic carbocycles. The molecule has 0 amide bonds. The summed E-state index contributed by atoms with van der Waals surface area (Å²) in [6.07, 6.45) is 0. The Balaban J connectivity index is -0.0000000800. The fourth-order valence-electron chi connectivity index (χ4n) is 0. The normalized spacial score (nSPS) is 7.29. The van der Waals surface area contributed by atoms with Crippen LogP contribution in [0.25, 0.3) is 0 Å². The Bertz CT molecular complexity index is 27.7. The summed E-state index contributed by atoms with van der Waals surface area (Å²) in [7, 11) is 0.347. The maximum absolute atomic E-state index is 5.03. The van der Waals surface area contributed by atoms with Gasteiger partial charge in [0, 0.05) is 0 Å². The summed E-state index contributed by atoms with van der Waals surface area (Å²) in [4.78, 5) is 0. The molecular weight excluding hydrogens is 174 g/mol. The first-order valence-electron chi connectivity index (χ1n) is 1.80. The molecule has 7 heavy (non-hydrogen) atoms. The van der Waals surface area contributed by atoms with Crippen LogP contribution in [0.5, 0.6) is 0 Å². The molecule has 0 fully saturated rings. The third-order valence-corrected chi connectivity index (χ3v) is 4.24. The van der Waals surface area contributed by atoms with Gasteiger partial charge in [-0.05, 0) is 13.1 Å². The molecule has 0 radical (unpaired) electrons. The van der Waals surface area contributed by atoms with Crippen molar-refractivity contribution in [3.63, 3.8) is 0 Å². The quantitative estimate of drug-likeness (QED) is 0.429. The Labute approximate surface area is 135 Å². The van der Waals surface area contributed by atoms with Crippen molar-refractivity contribution in [3.8, 4) is 0 Å². The van der Waals surface area contributed by atoms with Crippen LogP contribution in [0.2, 0.25) is 13.1 Å². The first kappa shape index (κ1) is 17.0. The van der Waals surface area contributed by atoms with E-state index in [0.29, 0.717) is 0 Å². The molecule has 0 aromatic carbocycles. The Morgan fingerprint density at radius 3 is 1.43 bits per heavy atom. The van der Waals surface area contributed by atoms with Crippen molar-refractivity contribution in [1.29, 1.82) is 0 Å². The number of rotatable bonds is 1. The second kappa shape index (κ2) is 12.4. The molecule has 0 aliphatic rings. The van der Waals surface area contributed by atoms with Gasteiger partial charge in [0.15, 0.2) is 9.04 Å². The molecule has 0 unspecified atom stereocenters. The van der Waals surface area contributed by atoms with Gasteiger partial charge >= 0.3 is 103 Å². The van der Waals surface area contributed by atoms with Crippen molar-refractivity contribution in [2.45, 2.75) is 13.1 Å². The first-order chi connectivity index (χ1) is 2.27. The summed E-state index contributed by atoms with van der Waals surface area (Å²) in [5, 5.41) is 0. The first-order valence-corrected chi connectivity index (χ1v) is 5.40. The predicted octanol–water partition coefficient (Wildman–Crippen LogP) is -2.03. The zero-order valence-electron chi connectivity index (χ0n) is 3.99. The molecule has 0 N–H and O–H groups in total. The SMILES string of the molecule is C[SiH](C)O[SiH3].[KH].[KH]. The van der Waals surface area contributed by atoms with Gasteiger partial charge in [0.25, 0.3) is 0 Å². The Morgan fingerprint density at radius 1 is 1.29 bits per heavy atom. The van der Waals surface area contributed by atoms with Gasteiger partial charge in [-0.2, -0.15) is 0 Å². The van der Waals surface area contributed by atoms with E-state index in [9.17, 15) is 0 Å². The van der Waals surface area contributed by atoms with E-state index in [-0.39, 0.29) is 103 Å². The second-order valence-electron chi connectivity index (χ2n) is 1.28. The van der Waals surface area contributed by atoms with Crippen molar-refractivity contribution in [2.24, 2.45) is 0 Å². The minimum absolute atomic E-state index is 0. The summed E-state index contributed by atoms with van der Waals surface area (Å²) < 4.78 is 5.03. The van der Waals surface area contributed by atoms with Crippen molar-refractivity contribution < 1.29 is 4.12 Å². The van der Waals surface area contributed by atoms with Gasteiger partial charge in [-0.25, -0.2) is 0 Å². The van der Waals surface area contributed by atoms with Crippen LogP contribution in [0.1, 0.15) is 0 Å². The van der Waals surface area contributed by atoms with Crippen LogP contribution in [0.3, 0.4) is 0 Å². The third-order valence-electron chi connectivity index (χ3n) is 0.471. The van der Waals surface area contributed by atoms with E-state index >= 15 is 0 Å². The molecule has 0 aromatic heterocycles. The average Bonchev–Trinajstić information content (AvgIpc) is 1.38. The number of hydrogen-bond acceptors (Lipinski definition) is 1. The van der Waals surface area contributed by atoms with Crippen LogP contribution in [0.4, 0.5) is 0 Å². The van der Waals surface area contributed by atoms with Crippen molar-refractivity contribution in [1.82, 2.24) is 0 Å². The topological polar surface area (TPSA) is 9.23 Å². The summed E-state index contributed by atoms with van der Waals surface area (Å²) >= 11 is 0. The van der Waals surface area contributed by atoms with Crippen molar-refractivity contribution in [2.75, 3.05) is 0 Å². The van der Waals surface area contributed by atoms with Crippen LogP contribution < -0.4 is 0 Å². The van der Waals surface area contributed by atoms with Crippen molar-refractivity contribution in [3.05, 3.63) is 0 Å². The molecule has 0 saturated heterocycles. The monoisotopic (exact) mass is 186 g/mol. The molecule has 0 bridgehead atoms. The molecule has 1 nitrogen and oxygen atoms in total. The van der Waals surface area contributed by atoms with Gasteiger partial charge in [-0.3, -0.25) is 0 Å². The predicted molar refractivity (Wildman–Crippen MR) is 44.2 cm³/mol. The zero-order chi connectivity index (χ0) is 4.28. The van der Waals surface area contributed by atoms with Crippen LogP contribution in [0.15, 0.2) is 0 Å². The second-order valence-corrected chi connectivity index (χ2v) is 5.27. The molecule has 0 rings (SSSR count). The van der Waals surface area contributed by atoms with Crippen LogP contribution >= 0.6 is 0 Å². The zero-order valence-corrected chi connectivity index (χ0v) is 7.14. The van der Waals surface area contributed by atoms with Gasteiger partial charge in [-0.1, -0.05) is 0 Å². The molecule has 0 heterocycles. The van der Waals surface area contributed by atoms with Crippen LogP contribution in [0, 0.1) is 0 Å². The standard InChI is InChI=1S/C2H10OSi2.2K.2H/c1-5(2)3-4;;;;/h5H,1-2,4H3;;;;. The van der Waals surface area contributed by atoms with E-state index in [4.69, 9.17) is 4.12 Å². The molecule has 5 heteroatoms. The molecule has 0 spiro atoms. The van der Waals surface area contributed by atoms with Gasteiger partial charge in [0.2, 0.25) is 0 Å². The Morgan fingerprint density at radius 2 is 1.43 bits per heavy atom. The fourth-order valence-corrected chi connectivity index (χ4v) is 0. The maximum atomic E-state index is 5.03. The Hall–Kier alpha value is 3.67. The van der Waals surface area contributed by atoms with E-state index in [1.54, 1.807) is 0 Å². The minimum atomic E-state index is -0.588. The van der Waals surface area contributed by atoms with Gasteiger partial charge < -0.3 is 4.12 Å². The third kappa shape index (κ3) is 17.7. The van der Waals surface area contributed by atoms with E-state index in [1.165, 1.54) is 0 Å². The molecule has 0 atom stereocenters. The molecule has 0 aliphatic heterocycles. The molecule has 0 aromatic rings. The van der Waals surface area contributed by atoms with Crippen LogP contribution in [-0.2, 0) is 4.12 Å². The molecule has 36 valence electrons. The molecular formula is C2H12K2OSi2. The van der Waals surface area contributed by atoms with Crippen molar-refractivity contribution >= 4 is 122 Å². The summed E-state index contributed by atoms with van der Waals surface area (Å²) in [5.41, 5.74) is 0. The summed E-state index contributed by atoms with van der Waals surface area (Å²) in [6, 6.07) is 0. The van der Waals surface area contributed by atoms with Gasteiger partial charge in [0.1, 0.15) is 10.5 Å². The molecule has 0 saturated carbocycles. The van der Waals surface area contributed by atoms with Gasteiger partial charge in [-0.15, -0.1) is 0 Å². The van der Waals surface area contributed by atoms with E-state index in [2.05, 4.69) is 13.1 Å². The Kier molecular flexibility index (Phi) is 29.9. The summed E-state index contributed by atoms with van der Waals surface area (Å²) in [6.45, 7) is 4.35. The van der Waals surface area contributed by atoms with E-state index < -0.39 is 9.04 Å². The average molecular weight is 186 g/mol. The van der Waals surface area contributed by atoms with Crippen LogP contribution in [-0.4, -0.2) is 122 Å². The van der Waals surface area contributed by atoms with E-state index in [1.807, 2.05) is 0 Å². The number of hydrogen-bond donors (Lipinski definition) is 0. The van der Waals surface area contributed by atoms with E-state index in [0.717, 1.165) is 10.5 Å².